The molecule has 3 fully saturated rings. The second-order valence-electron chi connectivity index (χ2n) is 7.77. The van der Waals surface area contributed by atoms with E-state index in [-0.39, 0.29) is 0 Å². The van der Waals surface area contributed by atoms with Crippen LogP contribution in [0.3, 0.4) is 0 Å². The maximum atomic E-state index is 9.42. The summed E-state index contributed by atoms with van der Waals surface area (Å²) >= 11 is 0. The first-order valence-electron chi connectivity index (χ1n) is 9.44. The predicted octanol–water partition coefficient (Wildman–Crippen LogP) is 3.97. The lowest BCUT2D eigenvalue weighted by atomic mass is 9.81. The minimum absolute atomic E-state index is 0.369. The van der Waals surface area contributed by atoms with Gasteiger partial charge in [0, 0.05) is 18.7 Å². The number of hydrogen-bond acceptors (Lipinski definition) is 3. The molecule has 3 nitrogen and oxygen atoms in total. The van der Waals surface area contributed by atoms with E-state index in [9.17, 15) is 5.11 Å². The molecule has 23 heavy (non-hydrogen) atoms. The average molecular weight is 315 g/mol. The van der Waals surface area contributed by atoms with Crippen LogP contribution in [-0.4, -0.2) is 29.9 Å². The molecule has 0 bridgehead atoms. The van der Waals surface area contributed by atoms with E-state index in [2.05, 4.69) is 17.4 Å². The first kappa shape index (κ1) is 15.5. The zero-order chi connectivity index (χ0) is 15.6. The smallest absolute Gasteiger partial charge is 0.115 e. The fourth-order valence-corrected chi connectivity index (χ4v) is 4.45. The fourth-order valence-electron chi connectivity index (χ4n) is 4.45. The van der Waals surface area contributed by atoms with Gasteiger partial charge in [-0.25, -0.2) is 0 Å². The molecular weight excluding hydrogens is 286 g/mol. The van der Waals surface area contributed by atoms with Gasteiger partial charge in [0.25, 0.3) is 0 Å². The Hall–Kier alpha value is -1.06. The predicted molar refractivity (Wildman–Crippen MR) is 91.7 cm³/mol. The van der Waals surface area contributed by atoms with Crippen molar-refractivity contribution in [3.05, 3.63) is 29.8 Å². The van der Waals surface area contributed by atoms with Crippen LogP contribution in [0.2, 0.25) is 0 Å². The summed E-state index contributed by atoms with van der Waals surface area (Å²) in [5, 5.41) is 13.4. The van der Waals surface area contributed by atoms with Gasteiger partial charge in [0.05, 0.1) is 6.10 Å². The number of phenols is 1. The first-order chi connectivity index (χ1) is 11.3. The van der Waals surface area contributed by atoms with E-state index in [1.807, 2.05) is 12.1 Å². The van der Waals surface area contributed by atoms with Crippen LogP contribution in [0.5, 0.6) is 5.75 Å². The van der Waals surface area contributed by atoms with Gasteiger partial charge in [-0.15, -0.1) is 0 Å². The van der Waals surface area contributed by atoms with Gasteiger partial charge in [-0.3, -0.25) is 0 Å². The summed E-state index contributed by atoms with van der Waals surface area (Å²) < 4.78 is 5.95. The summed E-state index contributed by atoms with van der Waals surface area (Å²) in [6, 6.07) is 9.18. The molecule has 3 aliphatic rings. The lowest BCUT2D eigenvalue weighted by Crippen LogP contribution is -2.45. The van der Waals surface area contributed by atoms with Gasteiger partial charge >= 0.3 is 0 Å². The highest BCUT2D eigenvalue weighted by molar-refractivity contribution is 5.28. The van der Waals surface area contributed by atoms with Crippen molar-refractivity contribution in [2.75, 3.05) is 6.61 Å². The van der Waals surface area contributed by atoms with Gasteiger partial charge < -0.3 is 15.2 Å². The van der Waals surface area contributed by atoms with E-state index in [0.29, 0.717) is 29.9 Å². The summed E-state index contributed by atoms with van der Waals surface area (Å²) in [7, 11) is 0. The van der Waals surface area contributed by atoms with Crippen molar-refractivity contribution in [3.63, 3.8) is 0 Å². The minimum Gasteiger partial charge on any atom is -0.508 e. The van der Waals surface area contributed by atoms with Crippen LogP contribution < -0.4 is 5.32 Å². The van der Waals surface area contributed by atoms with Gasteiger partial charge in [0.1, 0.15) is 5.75 Å². The molecule has 2 saturated carbocycles. The molecule has 1 aromatic carbocycles. The normalized spacial score (nSPS) is 35.1. The Kier molecular flexibility index (Phi) is 4.59. The largest absolute Gasteiger partial charge is 0.508 e. The summed E-state index contributed by atoms with van der Waals surface area (Å²) in [6.07, 6.45) is 10.8. The molecule has 0 spiro atoms. The van der Waals surface area contributed by atoms with Crippen LogP contribution in [0.1, 0.15) is 62.8 Å². The van der Waals surface area contributed by atoms with Crippen LogP contribution in [0, 0.1) is 5.92 Å². The maximum Gasteiger partial charge on any atom is 0.115 e. The van der Waals surface area contributed by atoms with E-state index in [1.165, 1.54) is 56.9 Å². The Balaban J connectivity index is 1.25. The van der Waals surface area contributed by atoms with Crippen molar-refractivity contribution in [2.24, 2.45) is 5.92 Å². The topological polar surface area (TPSA) is 41.5 Å². The number of ether oxygens (including phenoxy) is 1. The second-order valence-corrected chi connectivity index (χ2v) is 7.77. The van der Waals surface area contributed by atoms with E-state index >= 15 is 0 Å². The number of benzene rings is 1. The molecule has 2 N–H and O–H groups in total. The quantitative estimate of drug-likeness (QED) is 0.883. The zero-order valence-corrected chi connectivity index (χ0v) is 13.9. The third-order valence-electron chi connectivity index (χ3n) is 6.03. The Labute approximate surface area is 139 Å². The molecule has 0 radical (unpaired) electrons. The van der Waals surface area contributed by atoms with Crippen LogP contribution in [-0.2, 0) is 4.74 Å². The highest BCUT2D eigenvalue weighted by Gasteiger charge is 2.36. The summed E-state index contributed by atoms with van der Waals surface area (Å²) in [6.45, 7) is 0.946. The summed E-state index contributed by atoms with van der Waals surface area (Å²) in [5.74, 6) is 1.90. The zero-order valence-electron chi connectivity index (χ0n) is 13.9. The van der Waals surface area contributed by atoms with Crippen molar-refractivity contribution in [3.8, 4) is 5.75 Å². The van der Waals surface area contributed by atoms with Crippen molar-refractivity contribution < 1.29 is 9.84 Å². The van der Waals surface area contributed by atoms with E-state index in [4.69, 9.17) is 4.74 Å². The summed E-state index contributed by atoms with van der Waals surface area (Å²) in [4.78, 5) is 0. The molecule has 1 heterocycles. The molecule has 0 amide bonds. The van der Waals surface area contributed by atoms with Crippen LogP contribution >= 0.6 is 0 Å². The van der Waals surface area contributed by atoms with Crippen molar-refractivity contribution in [1.29, 1.82) is 0 Å². The molecule has 1 saturated heterocycles. The standard InChI is InChI=1S/C20H29NO2/c22-19-9-5-15(6-10-19)14-3-7-17(8-4-14)21-18-11-12-23-20(13-18)16-1-2-16/h5-6,9-10,14,16-18,20-22H,1-4,7-8,11-13H2/t14?,17?,18-,20-/m1/s1. The van der Waals surface area contributed by atoms with E-state index < -0.39 is 0 Å². The first-order valence-corrected chi connectivity index (χ1v) is 9.44. The highest BCUT2D eigenvalue weighted by Crippen LogP contribution is 2.39. The lowest BCUT2D eigenvalue weighted by Gasteiger charge is -2.36. The molecule has 2 atom stereocenters. The minimum atomic E-state index is 0.369. The monoisotopic (exact) mass is 315 g/mol. The SMILES string of the molecule is Oc1ccc(C2CCC(N[C@@H]3CCO[C@@H](C4CC4)C3)CC2)cc1. The van der Waals surface area contributed by atoms with Gasteiger partial charge in [0.15, 0.2) is 0 Å². The third-order valence-corrected chi connectivity index (χ3v) is 6.03. The number of hydrogen-bond donors (Lipinski definition) is 2. The molecule has 1 aliphatic heterocycles. The van der Waals surface area contributed by atoms with E-state index in [1.54, 1.807) is 0 Å². The summed E-state index contributed by atoms with van der Waals surface area (Å²) in [5.41, 5.74) is 1.39. The number of nitrogens with one attached hydrogen (secondary N) is 1. The van der Waals surface area contributed by atoms with E-state index in [0.717, 1.165) is 12.5 Å². The van der Waals surface area contributed by atoms with Gasteiger partial charge in [0.2, 0.25) is 0 Å². The third kappa shape index (κ3) is 3.89. The molecule has 126 valence electrons. The molecule has 2 aliphatic carbocycles. The van der Waals surface area contributed by atoms with Crippen molar-refractivity contribution >= 4 is 0 Å². The van der Waals surface area contributed by atoms with Gasteiger partial charge in [-0.2, -0.15) is 0 Å². The van der Waals surface area contributed by atoms with Crippen LogP contribution in [0.4, 0.5) is 0 Å². The molecular formula is C20H29NO2. The number of aromatic hydroxyl groups is 1. The van der Waals surface area contributed by atoms with Crippen LogP contribution in [0.15, 0.2) is 24.3 Å². The molecule has 1 aromatic rings. The molecule has 0 unspecified atom stereocenters. The lowest BCUT2D eigenvalue weighted by molar-refractivity contribution is -0.0136. The van der Waals surface area contributed by atoms with Gasteiger partial charge in [-0.05, 0) is 80.9 Å². The number of phenolic OH excluding ortho intramolecular Hbond substituents is 1. The fraction of sp³-hybridized carbons (Fsp3) is 0.700. The maximum absolute atomic E-state index is 9.42. The Morgan fingerprint density at radius 3 is 2.30 bits per heavy atom. The van der Waals surface area contributed by atoms with Gasteiger partial charge in [-0.1, -0.05) is 12.1 Å². The second kappa shape index (κ2) is 6.82. The number of rotatable bonds is 4. The molecule has 0 aromatic heterocycles. The van der Waals surface area contributed by atoms with Crippen LogP contribution in [0.25, 0.3) is 0 Å². The van der Waals surface area contributed by atoms with Crippen molar-refractivity contribution in [1.82, 2.24) is 5.32 Å². The molecule has 4 rings (SSSR count). The Bertz CT molecular complexity index is 503. The molecule has 3 heteroatoms. The average Bonchev–Trinajstić information content (AvgIpc) is 3.42. The Morgan fingerprint density at radius 2 is 1.61 bits per heavy atom. The van der Waals surface area contributed by atoms with Crippen molar-refractivity contribution in [2.45, 2.75) is 75.5 Å². The highest BCUT2D eigenvalue weighted by atomic mass is 16.5. The Morgan fingerprint density at radius 1 is 0.870 bits per heavy atom.